The van der Waals surface area contributed by atoms with E-state index >= 15 is 0 Å². The molecule has 0 bridgehead atoms. The third-order valence-electron chi connectivity index (χ3n) is 2.63. The van der Waals surface area contributed by atoms with E-state index in [-0.39, 0.29) is 4.90 Å². The van der Waals surface area contributed by atoms with Gasteiger partial charge in [-0.25, -0.2) is 13.4 Å². The van der Waals surface area contributed by atoms with Crippen LogP contribution in [0.3, 0.4) is 0 Å². The van der Waals surface area contributed by atoms with Gasteiger partial charge in [-0.1, -0.05) is 11.6 Å². The van der Waals surface area contributed by atoms with Crippen LogP contribution in [-0.4, -0.2) is 30.2 Å². The van der Waals surface area contributed by atoms with Crippen molar-refractivity contribution >= 4 is 27.4 Å². The van der Waals surface area contributed by atoms with E-state index in [1.54, 1.807) is 16.8 Å². The van der Waals surface area contributed by atoms with E-state index in [1.807, 2.05) is 6.92 Å². The van der Waals surface area contributed by atoms with Crippen molar-refractivity contribution in [1.82, 2.24) is 14.8 Å². The first-order chi connectivity index (χ1) is 8.95. The largest absolute Gasteiger partial charge is 0.272 e. The van der Waals surface area contributed by atoms with Gasteiger partial charge in [0.2, 0.25) is 0 Å². The minimum absolute atomic E-state index is 0.133. The number of sulfonamides is 1. The van der Waals surface area contributed by atoms with Gasteiger partial charge in [0.05, 0.1) is 11.2 Å². The van der Waals surface area contributed by atoms with Crippen LogP contribution in [0.15, 0.2) is 35.6 Å². The maximum Gasteiger partial charge on any atom is 0.268 e. The molecule has 8 heteroatoms. The summed E-state index contributed by atoms with van der Waals surface area (Å²) in [6.45, 7) is 2.49. The minimum Gasteiger partial charge on any atom is -0.272 e. The highest BCUT2D eigenvalue weighted by Gasteiger charge is 2.23. The molecule has 0 aromatic carbocycles. The fourth-order valence-electron chi connectivity index (χ4n) is 1.49. The lowest BCUT2D eigenvalue weighted by molar-refractivity contribution is 0.593. The van der Waals surface area contributed by atoms with Crippen molar-refractivity contribution in [2.24, 2.45) is 0 Å². The lowest BCUT2D eigenvalue weighted by Gasteiger charge is -2.17. The van der Waals surface area contributed by atoms with Crippen molar-refractivity contribution in [1.29, 1.82) is 0 Å². The zero-order valence-corrected chi connectivity index (χ0v) is 12.1. The van der Waals surface area contributed by atoms with Gasteiger partial charge < -0.3 is 0 Å². The molecule has 0 aliphatic carbocycles. The lowest BCUT2D eigenvalue weighted by atomic mass is 10.5. The Bertz CT molecular complexity index is 666. The van der Waals surface area contributed by atoms with E-state index in [4.69, 9.17) is 11.6 Å². The van der Waals surface area contributed by atoms with E-state index in [2.05, 4.69) is 10.1 Å². The molecule has 2 aromatic rings. The maximum atomic E-state index is 12.3. The van der Waals surface area contributed by atoms with Crippen LogP contribution in [0.25, 0.3) is 0 Å². The average molecular weight is 301 g/mol. The van der Waals surface area contributed by atoms with E-state index in [0.29, 0.717) is 17.4 Å². The number of nitrogens with zero attached hydrogens (tertiary/aromatic N) is 4. The second-order valence-corrected chi connectivity index (χ2v) is 6.24. The monoisotopic (exact) mass is 300 g/mol. The van der Waals surface area contributed by atoms with Gasteiger partial charge >= 0.3 is 0 Å². The Kier molecular flexibility index (Phi) is 3.77. The summed E-state index contributed by atoms with van der Waals surface area (Å²) in [6.07, 6.45) is 4.21. The Balaban J connectivity index is 2.36. The molecule has 0 unspecified atom stereocenters. The first kappa shape index (κ1) is 13.8. The molecule has 2 rings (SSSR count). The first-order valence-electron chi connectivity index (χ1n) is 5.58. The highest BCUT2D eigenvalue weighted by atomic mass is 35.5. The van der Waals surface area contributed by atoms with Gasteiger partial charge in [-0.05, 0) is 19.1 Å². The minimum atomic E-state index is -3.65. The fourth-order valence-corrected chi connectivity index (χ4v) is 2.70. The van der Waals surface area contributed by atoms with E-state index in [0.717, 1.165) is 4.31 Å². The SMILES string of the molecule is CCn1cc(S(=O)(=O)N(C)c2ccc(Cl)cn2)cn1. The van der Waals surface area contributed by atoms with Crippen molar-refractivity contribution in [3.63, 3.8) is 0 Å². The van der Waals surface area contributed by atoms with E-state index < -0.39 is 10.0 Å². The predicted octanol–water partition coefficient (Wildman–Crippen LogP) is 1.78. The number of hydrogen-bond donors (Lipinski definition) is 0. The molecule has 0 aliphatic rings. The lowest BCUT2D eigenvalue weighted by Crippen LogP contribution is -2.27. The Morgan fingerprint density at radius 3 is 2.63 bits per heavy atom. The zero-order chi connectivity index (χ0) is 14.0. The van der Waals surface area contributed by atoms with Gasteiger partial charge in [-0.15, -0.1) is 0 Å². The number of pyridine rings is 1. The molecular formula is C11H13ClN4O2S. The summed E-state index contributed by atoms with van der Waals surface area (Å²) in [7, 11) is -2.21. The van der Waals surface area contributed by atoms with E-state index in [9.17, 15) is 8.42 Å². The fraction of sp³-hybridized carbons (Fsp3) is 0.273. The summed E-state index contributed by atoms with van der Waals surface area (Å²) in [4.78, 5) is 4.12. The van der Waals surface area contributed by atoms with Gasteiger partial charge in [0, 0.05) is 26.0 Å². The summed E-state index contributed by atoms with van der Waals surface area (Å²) in [5.41, 5.74) is 0. The second-order valence-electron chi connectivity index (χ2n) is 3.84. The predicted molar refractivity (Wildman–Crippen MR) is 72.7 cm³/mol. The molecule has 2 heterocycles. The topological polar surface area (TPSA) is 68.1 Å². The molecule has 0 spiro atoms. The van der Waals surface area contributed by atoms with Gasteiger partial charge in [0.1, 0.15) is 10.7 Å². The molecule has 0 amide bonds. The summed E-state index contributed by atoms with van der Waals surface area (Å²) < 4.78 is 27.3. The summed E-state index contributed by atoms with van der Waals surface area (Å²) >= 11 is 5.73. The average Bonchev–Trinajstić information content (AvgIpc) is 2.88. The van der Waals surface area contributed by atoms with Crippen molar-refractivity contribution in [2.75, 3.05) is 11.4 Å². The summed E-state index contributed by atoms with van der Waals surface area (Å²) in [5.74, 6) is 0.300. The summed E-state index contributed by atoms with van der Waals surface area (Å²) in [6, 6.07) is 3.13. The Labute approximate surface area is 116 Å². The Hall–Kier alpha value is -1.60. The summed E-state index contributed by atoms with van der Waals surface area (Å²) in [5, 5.41) is 4.41. The van der Waals surface area contributed by atoms with Gasteiger partial charge in [-0.2, -0.15) is 5.10 Å². The van der Waals surface area contributed by atoms with Crippen LogP contribution in [0.5, 0.6) is 0 Å². The van der Waals surface area contributed by atoms with Crippen LogP contribution >= 0.6 is 11.6 Å². The molecule has 19 heavy (non-hydrogen) atoms. The third kappa shape index (κ3) is 2.71. The van der Waals surface area contributed by atoms with Gasteiger partial charge in [0.15, 0.2) is 0 Å². The quantitative estimate of drug-likeness (QED) is 0.863. The maximum absolute atomic E-state index is 12.3. The molecule has 102 valence electrons. The highest BCUT2D eigenvalue weighted by Crippen LogP contribution is 2.20. The molecule has 0 fully saturated rings. The van der Waals surface area contributed by atoms with Crippen LogP contribution in [0.4, 0.5) is 5.82 Å². The van der Waals surface area contributed by atoms with Gasteiger partial charge in [0.25, 0.3) is 10.0 Å². The van der Waals surface area contributed by atoms with Crippen molar-refractivity contribution in [3.05, 3.63) is 35.7 Å². The third-order valence-corrected chi connectivity index (χ3v) is 4.56. The van der Waals surface area contributed by atoms with Crippen molar-refractivity contribution in [2.45, 2.75) is 18.4 Å². The molecule has 0 atom stereocenters. The van der Waals surface area contributed by atoms with Crippen LogP contribution in [0.2, 0.25) is 5.02 Å². The van der Waals surface area contributed by atoms with Gasteiger partial charge in [-0.3, -0.25) is 8.99 Å². The smallest absolute Gasteiger partial charge is 0.268 e. The molecule has 0 saturated carbocycles. The molecule has 0 N–H and O–H groups in total. The van der Waals surface area contributed by atoms with Crippen molar-refractivity contribution in [3.8, 4) is 0 Å². The number of aromatic nitrogens is 3. The molecule has 6 nitrogen and oxygen atoms in total. The van der Waals surface area contributed by atoms with E-state index in [1.165, 1.54) is 25.6 Å². The molecular weight excluding hydrogens is 288 g/mol. The normalized spacial score (nSPS) is 11.5. The first-order valence-corrected chi connectivity index (χ1v) is 7.40. The zero-order valence-electron chi connectivity index (χ0n) is 10.5. The number of anilines is 1. The Morgan fingerprint density at radius 1 is 1.37 bits per heavy atom. The molecule has 2 aromatic heterocycles. The van der Waals surface area contributed by atoms with Crippen LogP contribution in [0, 0.1) is 0 Å². The van der Waals surface area contributed by atoms with Crippen LogP contribution in [0.1, 0.15) is 6.92 Å². The van der Waals surface area contributed by atoms with Crippen LogP contribution < -0.4 is 4.31 Å². The number of rotatable bonds is 4. The highest BCUT2D eigenvalue weighted by molar-refractivity contribution is 7.92. The van der Waals surface area contributed by atoms with Crippen molar-refractivity contribution < 1.29 is 8.42 Å². The molecule has 0 aliphatic heterocycles. The standard InChI is InChI=1S/C11H13ClN4O2S/c1-3-16-8-10(7-14-16)19(17,18)15(2)11-5-4-9(12)6-13-11/h4-8H,3H2,1-2H3. The number of hydrogen-bond acceptors (Lipinski definition) is 4. The van der Waals surface area contributed by atoms with Crippen LogP contribution in [-0.2, 0) is 16.6 Å². The Morgan fingerprint density at radius 2 is 2.11 bits per heavy atom. The molecule has 0 saturated heterocycles. The molecule has 0 radical (unpaired) electrons. The second kappa shape index (κ2) is 5.18. The number of halogens is 1. The number of aryl methyl sites for hydroxylation is 1.